The Balaban J connectivity index is 2.92. The van der Waals surface area contributed by atoms with Gasteiger partial charge in [0.2, 0.25) is 0 Å². The minimum atomic E-state index is -0.713. The van der Waals surface area contributed by atoms with Crippen LogP contribution >= 0.6 is 34.8 Å². The number of hydrogen-bond donors (Lipinski definition) is 0. The lowest BCUT2D eigenvalue weighted by atomic mass is 10.3. The van der Waals surface area contributed by atoms with E-state index in [1.54, 1.807) is 0 Å². The number of hydrogen-bond acceptors (Lipinski definition) is 3. The third kappa shape index (κ3) is 1.33. The lowest BCUT2D eigenvalue weighted by molar-refractivity contribution is -0.299. The van der Waals surface area contributed by atoms with Crippen molar-refractivity contribution < 1.29 is 9.52 Å². The third-order valence-electron chi connectivity index (χ3n) is 1.50. The molecule has 1 aromatic heterocycles. The summed E-state index contributed by atoms with van der Waals surface area (Å²) >= 11 is 17.2. The number of fused-ring (bicyclic) bond motifs is 1. The summed E-state index contributed by atoms with van der Waals surface area (Å²) in [6, 6.07) is 1.40. The van der Waals surface area contributed by atoms with E-state index in [4.69, 9.17) is 39.2 Å². The smallest absolute Gasteiger partial charge is 0.156 e. The number of benzene rings is 1. The van der Waals surface area contributed by atoms with Crippen LogP contribution in [0.2, 0.25) is 15.1 Å². The molecule has 0 bridgehead atoms. The first-order chi connectivity index (χ1) is 6.09. The number of nitrogens with zero attached hydrogens (tertiary/aromatic N) is 1. The normalized spacial score (nSPS) is 11.0. The van der Waals surface area contributed by atoms with Crippen molar-refractivity contribution in [1.82, 2.24) is 4.98 Å². The maximum atomic E-state index is 10.7. The molecule has 0 saturated heterocycles. The molecule has 0 spiro atoms. The standard InChI is InChI=1S/C7H2Cl3NO2/c8-2-1-3-6(5(10)4(2)9)11-7(12)13-3/h1H,(H,11,12)/p-1. The zero-order chi connectivity index (χ0) is 9.59. The first-order valence-corrected chi connectivity index (χ1v) is 4.34. The molecule has 68 valence electrons. The van der Waals surface area contributed by atoms with E-state index in [2.05, 4.69) is 4.98 Å². The quantitative estimate of drug-likeness (QED) is 0.662. The summed E-state index contributed by atoms with van der Waals surface area (Å²) < 4.78 is 4.69. The van der Waals surface area contributed by atoms with Gasteiger partial charge in [-0.05, 0) is 6.07 Å². The molecule has 2 aromatic rings. The predicted octanol–water partition coefficient (Wildman–Crippen LogP) is 2.86. The minimum Gasteiger partial charge on any atom is -0.564 e. The van der Waals surface area contributed by atoms with E-state index in [1.807, 2.05) is 0 Å². The topological polar surface area (TPSA) is 49.1 Å². The maximum absolute atomic E-state index is 10.7. The Labute approximate surface area is 87.8 Å². The van der Waals surface area contributed by atoms with Crippen molar-refractivity contribution in [3.8, 4) is 6.08 Å². The first kappa shape index (κ1) is 8.94. The van der Waals surface area contributed by atoms with Crippen molar-refractivity contribution in [3.63, 3.8) is 0 Å². The molecular weight excluding hydrogens is 236 g/mol. The molecule has 0 atom stereocenters. The number of aromatic nitrogens is 1. The van der Waals surface area contributed by atoms with Crippen molar-refractivity contribution in [3.05, 3.63) is 21.1 Å². The van der Waals surface area contributed by atoms with Crippen molar-refractivity contribution >= 4 is 45.9 Å². The summed E-state index contributed by atoms with van der Waals surface area (Å²) in [5.41, 5.74) is 0.477. The van der Waals surface area contributed by atoms with Crippen molar-refractivity contribution in [2.45, 2.75) is 0 Å². The van der Waals surface area contributed by atoms with Gasteiger partial charge in [-0.3, -0.25) is 0 Å². The molecule has 0 N–H and O–H groups in total. The molecule has 2 rings (SSSR count). The van der Waals surface area contributed by atoms with Gasteiger partial charge in [-0.15, -0.1) is 0 Å². The van der Waals surface area contributed by atoms with E-state index in [1.165, 1.54) is 6.07 Å². The fourth-order valence-electron chi connectivity index (χ4n) is 0.954. The van der Waals surface area contributed by atoms with Crippen LogP contribution < -0.4 is 5.11 Å². The molecule has 3 nitrogen and oxygen atoms in total. The van der Waals surface area contributed by atoms with E-state index >= 15 is 0 Å². The van der Waals surface area contributed by atoms with Gasteiger partial charge in [-0.1, -0.05) is 34.8 Å². The Kier molecular flexibility index (Phi) is 2.02. The molecule has 0 unspecified atom stereocenters. The second kappa shape index (κ2) is 2.94. The monoisotopic (exact) mass is 236 g/mol. The van der Waals surface area contributed by atoms with Crippen LogP contribution in [0, 0.1) is 0 Å². The summed E-state index contributed by atoms with van der Waals surface area (Å²) in [5, 5.41) is 11.3. The highest BCUT2D eigenvalue weighted by Gasteiger charge is 2.09. The molecule has 0 aliphatic rings. The molecule has 0 amide bonds. The molecule has 6 heteroatoms. The van der Waals surface area contributed by atoms with Gasteiger partial charge in [0, 0.05) is 5.58 Å². The van der Waals surface area contributed by atoms with Crippen LogP contribution in [0.4, 0.5) is 0 Å². The molecular formula is C7HCl3NO2-. The fraction of sp³-hybridized carbons (Fsp3) is 0. The van der Waals surface area contributed by atoms with Crippen LogP contribution in [-0.2, 0) is 0 Å². The van der Waals surface area contributed by atoms with E-state index in [-0.39, 0.29) is 26.2 Å². The number of oxazole rings is 1. The lowest BCUT2D eigenvalue weighted by Gasteiger charge is -1.99. The summed E-state index contributed by atoms with van der Waals surface area (Å²) in [6.45, 7) is 0. The molecule has 1 aromatic carbocycles. The van der Waals surface area contributed by atoms with Gasteiger partial charge in [0.1, 0.15) is 0 Å². The molecule has 0 aliphatic carbocycles. The zero-order valence-corrected chi connectivity index (χ0v) is 8.24. The van der Waals surface area contributed by atoms with Gasteiger partial charge in [0.25, 0.3) is 0 Å². The maximum Gasteiger partial charge on any atom is 0.156 e. The number of rotatable bonds is 0. The molecule has 0 radical (unpaired) electrons. The van der Waals surface area contributed by atoms with Crippen molar-refractivity contribution in [2.75, 3.05) is 0 Å². The summed E-state index contributed by atoms with van der Waals surface area (Å²) in [7, 11) is 0. The van der Waals surface area contributed by atoms with Gasteiger partial charge < -0.3 is 9.52 Å². The Bertz CT molecular complexity index is 480. The Morgan fingerprint density at radius 2 is 1.92 bits per heavy atom. The largest absolute Gasteiger partial charge is 0.564 e. The van der Waals surface area contributed by atoms with Crippen LogP contribution in [0.15, 0.2) is 10.5 Å². The minimum absolute atomic E-state index is 0.134. The van der Waals surface area contributed by atoms with Crippen LogP contribution in [-0.4, -0.2) is 4.98 Å². The van der Waals surface area contributed by atoms with Crippen molar-refractivity contribution in [1.29, 1.82) is 0 Å². The summed E-state index contributed by atoms with van der Waals surface area (Å²) in [5.74, 6) is 0. The summed E-state index contributed by atoms with van der Waals surface area (Å²) in [4.78, 5) is 3.52. The van der Waals surface area contributed by atoms with Crippen LogP contribution in [0.3, 0.4) is 0 Å². The average Bonchev–Trinajstić information content (AvgIpc) is 2.42. The third-order valence-corrected chi connectivity index (χ3v) is 2.75. The Morgan fingerprint density at radius 3 is 2.62 bits per heavy atom. The molecule has 0 fully saturated rings. The van der Waals surface area contributed by atoms with Gasteiger partial charge >= 0.3 is 0 Å². The Morgan fingerprint density at radius 1 is 1.23 bits per heavy atom. The van der Waals surface area contributed by atoms with Gasteiger partial charge in [0.15, 0.2) is 6.08 Å². The highest BCUT2D eigenvalue weighted by molar-refractivity contribution is 6.50. The predicted molar refractivity (Wildman–Crippen MR) is 48.5 cm³/mol. The molecule has 0 aliphatic heterocycles. The molecule has 13 heavy (non-hydrogen) atoms. The van der Waals surface area contributed by atoms with Crippen LogP contribution in [0.25, 0.3) is 11.1 Å². The molecule has 0 saturated carbocycles. The van der Waals surface area contributed by atoms with Crippen LogP contribution in [0.5, 0.6) is 6.08 Å². The fourth-order valence-corrected chi connectivity index (χ4v) is 1.58. The van der Waals surface area contributed by atoms with E-state index < -0.39 is 6.08 Å². The average molecular weight is 237 g/mol. The second-order valence-corrected chi connectivity index (χ2v) is 3.48. The number of halogens is 3. The van der Waals surface area contributed by atoms with E-state index in [0.29, 0.717) is 0 Å². The van der Waals surface area contributed by atoms with Gasteiger partial charge in [0.05, 0.1) is 20.6 Å². The lowest BCUT2D eigenvalue weighted by Crippen LogP contribution is -1.86. The van der Waals surface area contributed by atoms with Gasteiger partial charge in [-0.2, -0.15) is 0 Å². The SMILES string of the molecule is [O-]c1nc2c(Cl)c(Cl)c(Cl)cc2o1. The van der Waals surface area contributed by atoms with Crippen LogP contribution in [0.1, 0.15) is 0 Å². The van der Waals surface area contributed by atoms with E-state index in [0.717, 1.165) is 0 Å². The Hall–Kier alpha value is -0.640. The van der Waals surface area contributed by atoms with Crippen molar-refractivity contribution in [2.24, 2.45) is 0 Å². The highest BCUT2D eigenvalue weighted by Crippen LogP contribution is 2.37. The highest BCUT2D eigenvalue weighted by atomic mass is 35.5. The zero-order valence-electron chi connectivity index (χ0n) is 5.97. The summed E-state index contributed by atoms with van der Waals surface area (Å²) in [6.07, 6.45) is -0.713. The molecule has 1 heterocycles. The van der Waals surface area contributed by atoms with E-state index in [9.17, 15) is 5.11 Å². The van der Waals surface area contributed by atoms with Gasteiger partial charge in [-0.25, -0.2) is 4.98 Å². The first-order valence-electron chi connectivity index (χ1n) is 3.20. The second-order valence-electron chi connectivity index (χ2n) is 2.31.